The zero-order valence-corrected chi connectivity index (χ0v) is 16.6. The molecule has 1 aromatic heterocycles. The summed E-state index contributed by atoms with van der Waals surface area (Å²) in [7, 11) is 3.20. The van der Waals surface area contributed by atoms with Gasteiger partial charge in [0.05, 0.1) is 14.2 Å². The molecule has 2 N–H and O–H groups in total. The van der Waals surface area contributed by atoms with Crippen LogP contribution in [0.4, 0.5) is 5.95 Å². The molecule has 8 heteroatoms. The Morgan fingerprint density at radius 3 is 2.68 bits per heavy atom. The molecule has 0 saturated carbocycles. The van der Waals surface area contributed by atoms with E-state index in [9.17, 15) is 5.11 Å². The molecular weight excluding hydrogens is 329 g/mol. The molecule has 1 radical (unpaired) electrons. The summed E-state index contributed by atoms with van der Waals surface area (Å²) in [5.74, 6) is 1.80. The maximum atomic E-state index is 9.25. The molecule has 0 amide bonds. The first-order valence-corrected chi connectivity index (χ1v) is 6.56. The van der Waals surface area contributed by atoms with Crippen LogP contribution in [0.15, 0.2) is 30.5 Å². The molecule has 2 rings (SSSR count). The average Bonchev–Trinajstić information content (AvgIpc) is 2.53. The number of ether oxygens (including phenoxy) is 2. The van der Waals surface area contributed by atoms with E-state index in [-0.39, 0.29) is 56.4 Å². The van der Waals surface area contributed by atoms with Gasteiger partial charge in [-0.05, 0) is 30.4 Å². The summed E-state index contributed by atoms with van der Waals surface area (Å²) >= 11 is 4.67. The van der Waals surface area contributed by atoms with Gasteiger partial charge >= 0.3 is 0 Å². The van der Waals surface area contributed by atoms with E-state index >= 15 is 0 Å². The van der Waals surface area contributed by atoms with Gasteiger partial charge in [0.25, 0.3) is 0 Å². The van der Waals surface area contributed by atoms with Crippen LogP contribution in [0.3, 0.4) is 0 Å². The Bertz CT molecular complexity index is 655. The van der Waals surface area contributed by atoms with Gasteiger partial charge in [-0.2, -0.15) is 0 Å². The van der Waals surface area contributed by atoms with Gasteiger partial charge in [0.15, 0.2) is 0 Å². The molecule has 0 unspecified atom stereocenters. The molecule has 1 heterocycles. The van der Waals surface area contributed by atoms with E-state index in [1.807, 2.05) is 12.1 Å². The number of methoxy groups -OCH3 is 2. The van der Waals surface area contributed by atoms with Crippen molar-refractivity contribution in [1.82, 2.24) is 9.97 Å². The van der Waals surface area contributed by atoms with Crippen molar-refractivity contribution < 1.29 is 14.6 Å². The second kappa shape index (κ2) is 9.38. The van der Waals surface area contributed by atoms with Crippen LogP contribution in [0.25, 0.3) is 0 Å². The number of aliphatic hydroxyl groups excluding tert-OH is 1. The largest absolute Gasteiger partial charge is 0.497 e. The molecule has 0 aliphatic heterocycles. The van der Waals surface area contributed by atoms with Crippen LogP contribution < -0.4 is 14.8 Å². The number of thiocarbonyl (C=S) groups is 1. The third-order valence-corrected chi connectivity index (χ3v) is 3.02. The Morgan fingerprint density at radius 2 is 2.05 bits per heavy atom. The number of benzene rings is 1. The SMILES string of the molecule is COc1ccc(CNc2nccc(C(O)=S)n2)c(OC)c1.[K]. The molecular formula is C14H15KN3O3S. The van der Waals surface area contributed by atoms with Crippen LogP contribution in [0.2, 0.25) is 0 Å². The van der Waals surface area contributed by atoms with E-state index in [0.717, 1.165) is 11.3 Å². The Labute approximate surface area is 176 Å². The molecule has 0 atom stereocenters. The van der Waals surface area contributed by atoms with Crippen LogP contribution >= 0.6 is 12.2 Å². The summed E-state index contributed by atoms with van der Waals surface area (Å²) in [6.07, 6.45) is 1.53. The number of hydrogen-bond donors (Lipinski definition) is 2. The van der Waals surface area contributed by atoms with Crippen molar-refractivity contribution in [2.75, 3.05) is 19.5 Å². The van der Waals surface area contributed by atoms with Gasteiger partial charge in [-0.3, -0.25) is 0 Å². The van der Waals surface area contributed by atoms with Gasteiger partial charge in [-0.25, -0.2) is 9.97 Å². The Morgan fingerprint density at radius 1 is 1.27 bits per heavy atom. The second-order valence-electron chi connectivity index (χ2n) is 4.10. The summed E-state index contributed by atoms with van der Waals surface area (Å²) in [5, 5.41) is 12.0. The van der Waals surface area contributed by atoms with Crippen LogP contribution in [0.1, 0.15) is 11.3 Å². The minimum atomic E-state index is -0.262. The Balaban J connectivity index is 0.00000242. The standard InChI is InChI=1S/C14H15N3O3S.K/c1-19-10-4-3-9(12(7-10)20-2)8-16-14-15-6-5-11(17-14)13(18)21;/h3-7H,8H2,1-2H3,(H,18,21)(H,15,16,17);. The molecule has 111 valence electrons. The number of rotatable bonds is 6. The second-order valence-corrected chi connectivity index (χ2v) is 4.49. The maximum Gasteiger partial charge on any atom is 0.223 e. The molecule has 22 heavy (non-hydrogen) atoms. The van der Waals surface area contributed by atoms with Crippen LogP contribution in [0, 0.1) is 0 Å². The molecule has 0 fully saturated rings. The summed E-state index contributed by atoms with van der Waals surface area (Å²) < 4.78 is 10.5. The van der Waals surface area contributed by atoms with Crippen LogP contribution in [0.5, 0.6) is 11.5 Å². The van der Waals surface area contributed by atoms with E-state index in [0.29, 0.717) is 23.9 Å². The van der Waals surface area contributed by atoms with Crippen LogP contribution in [-0.4, -0.2) is 85.7 Å². The van der Waals surface area contributed by atoms with Gasteiger partial charge in [0.1, 0.15) is 17.2 Å². The smallest absolute Gasteiger partial charge is 0.223 e. The summed E-state index contributed by atoms with van der Waals surface area (Å²) in [5.41, 5.74) is 1.24. The predicted molar refractivity (Wildman–Crippen MR) is 89.0 cm³/mol. The fraction of sp³-hybridized carbons (Fsp3) is 0.214. The molecule has 0 spiro atoms. The van der Waals surface area contributed by atoms with Gasteiger partial charge < -0.3 is 19.9 Å². The number of aliphatic hydroxyl groups is 1. The molecule has 1 aromatic carbocycles. The third-order valence-electron chi connectivity index (χ3n) is 2.81. The van der Waals surface area contributed by atoms with Gasteiger partial charge in [0.2, 0.25) is 11.0 Å². The molecule has 0 bridgehead atoms. The quantitative estimate of drug-likeness (QED) is 0.613. The predicted octanol–water partition coefficient (Wildman–Crippen LogP) is 1.96. The Hall–Kier alpha value is -0.774. The molecule has 0 aliphatic carbocycles. The summed E-state index contributed by atoms with van der Waals surface area (Å²) in [4.78, 5) is 8.17. The number of aromatic nitrogens is 2. The van der Waals surface area contributed by atoms with E-state index in [2.05, 4.69) is 27.5 Å². The first kappa shape index (κ1) is 19.3. The van der Waals surface area contributed by atoms with Gasteiger partial charge in [-0.1, -0.05) is 0 Å². The third kappa shape index (κ3) is 5.15. The van der Waals surface area contributed by atoms with Crippen molar-refractivity contribution in [2.24, 2.45) is 0 Å². The maximum absolute atomic E-state index is 9.25. The molecule has 2 aromatic rings. The first-order chi connectivity index (χ1) is 10.1. The summed E-state index contributed by atoms with van der Waals surface area (Å²) in [6.45, 7) is 0.467. The van der Waals surface area contributed by atoms with Crippen molar-refractivity contribution in [3.05, 3.63) is 41.7 Å². The number of nitrogens with one attached hydrogen (secondary N) is 1. The van der Waals surface area contributed by atoms with Crippen molar-refractivity contribution in [3.8, 4) is 11.5 Å². The topological polar surface area (TPSA) is 76.5 Å². The number of hydrogen-bond acceptors (Lipinski definition) is 6. The van der Waals surface area contributed by atoms with E-state index in [1.54, 1.807) is 26.4 Å². The number of nitrogens with zero attached hydrogens (tertiary/aromatic N) is 2. The fourth-order valence-corrected chi connectivity index (χ4v) is 1.85. The minimum absolute atomic E-state index is 0. The van der Waals surface area contributed by atoms with Gasteiger partial charge in [-0.15, -0.1) is 0 Å². The zero-order valence-electron chi connectivity index (χ0n) is 12.7. The van der Waals surface area contributed by atoms with E-state index < -0.39 is 0 Å². The average molecular weight is 344 g/mol. The van der Waals surface area contributed by atoms with Crippen molar-refractivity contribution in [2.45, 2.75) is 6.54 Å². The summed E-state index contributed by atoms with van der Waals surface area (Å²) in [6, 6.07) is 7.09. The van der Waals surface area contributed by atoms with E-state index in [4.69, 9.17) is 9.47 Å². The first-order valence-electron chi connectivity index (χ1n) is 6.15. The fourth-order valence-electron chi connectivity index (χ4n) is 1.74. The normalized spacial score (nSPS) is 9.55. The molecule has 0 aliphatic rings. The minimum Gasteiger partial charge on any atom is -0.497 e. The van der Waals surface area contributed by atoms with Crippen molar-refractivity contribution in [3.63, 3.8) is 0 Å². The Kier molecular flexibility index (Phi) is 8.22. The van der Waals surface area contributed by atoms with Crippen molar-refractivity contribution in [1.29, 1.82) is 0 Å². The molecule has 6 nitrogen and oxygen atoms in total. The van der Waals surface area contributed by atoms with Gasteiger partial charge in [0, 0.05) is 75.8 Å². The number of anilines is 1. The monoisotopic (exact) mass is 344 g/mol. The van der Waals surface area contributed by atoms with E-state index in [1.165, 1.54) is 6.20 Å². The van der Waals surface area contributed by atoms with Crippen molar-refractivity contribution >= 4 is 74.6 Å². The zero-order chi connectivity index (χ0) is 15.2. The van der Waals surface area contributed by atoms with Crippen LogP contribution in [-0.2, 0) is 6.54 Å². The molecule has 0 saturated heterocycles.